The van der Waals surface area contributed by atoms with Crippen LogP contribution in [0, 0.1) is 0 Å². The van der Waals surface area contributed by atoms with Crippen molar-refractivity contribution < 1.29 is 4.79 Å². The predicted molar refractivity (Wildman–Crippen MR) is 84.6 cm³/mol. The minimum absolute atomic E-state index is 0.282. The molecule has 0 aliphatic heterocycles. The Morgan fingerprint density at radius 1 is 1.05 bits per heavy atom. The van der Waals surface area contributed by atoms with Gasteiger partial charge in [0, 0.05) is 26.2 Å². The lowest BCUT2D eigenvalue weighted by Gasteiger charge is -2.17. The molecule has 2 aromatic rings. The number of rotatable bonds is 5. The van der Waals surface area contributed by atoms with Gasteiger partial charge in [-0.05, 0) is 40.8 Å². The van der Waals surface area contributed by atoms with Crippen LogP contribution in [0.2, 0.25) is 0 Å². The van der Waals surface area contributed by atoms with Gasteiger partial charge >= 0.3 is 0 Å². The Morgan fingerprint density at radius 3 is 2.45 bits per heavy atom. The smallest absolute Gasteiger partial charge is 0.226 e. The molecule has 0 amide bonds. The van der Waals surface area contributed by atoms with Crippen molar-refractivity contribution in [1.29, 1.82) is 0 Å². The average molecular weight is 288 g/mol. The van der Waals surface area contributed by atoms with Crippen molar-refractivity contribution in [3.63, 3.8) is 0 Å². The quantitative estimate of drug-likeness (QED) is 0.783. The van der Waals surface area contributed by atoms with Crippen molar-refractivity contribution in [1.82, 2.24) is 0 Å². The van der Waals surface area contributed by atoms with Gasteiger partial charge < -0.3 is 4.90 Å². The molecule has 0 bridgehead atoms. The second-order valence-corrected chi connectivity index (χ2v) is 5.47. The van der Waals surface area contributed by atoms with Crippen LogP contribution in [0.15, 0.2) is 48.5 Å². The van der Waals surface area contributed by atoms with E-state index >= 15 is 0 Å². The molecular weight excluding hydrogens is 270 g/mol. The van der Waals surface area contributed by atoms with Crippen molar-refractivity contribution in [2.75, 3.05) is 19.0 Å². The topological polar surface area (TPSA) is 20.3 Å². The maximum Gasteiger partial charge on any atom is 0.226 e. The fourth-order valence-electron chi connectivity index (χ4n) is 2.33. The van der Waals surface area contributed by atoms with Crippen molar-refractivity contribution >= 4 is 22.5 Å². The number of halogens is 1. The summed E-state index contributed by atoms with van der Waals surface area (Å²) in [5, 5.41) is -0.323. The summed E-state index contributed by atoms with van der Waals surface area (Å²) in [6.45, 7) is 0. The summed E-state index contributed by atoms with van der Waals surface area (Å²) in [6, 6.07) is 16.4. The normalized spacial score (nSPS) is 10.3. The molecule has 2 nitrogen and oxygen atoms in total. The van der Waals surface area contributed by atoms with Gasteiger partial charge in [-0.3, -0.25) is 4.79 Å². The Bertz CT molecular complexity index is 607. The molecule has 0 atom stereocenters. The second kappa shape index (κ2) is 6.58. The Balaban J connectivity index is 2.24. The van der Waals surface area contributed by atoms with E-state index in [1.165, 1.54) is 16.8 Å². The fraction of sp³-hybridized carbons (Fsp3) is 0.235. The number of anilines is 1. The third-order valence-electron chi connectivity index (χ3n) is 3.20. The van der Waals surface area contributed by atoms with Crippen molar-refractivity contribution in [3.8, 4) is 0 Å². The fourth-order valence-corrected chi connectivity index (χ4v) is 2.48. The van der Waals surface area contributed by atoms with Gasteiger partial charge in [-0.25, -0.2) is 0 Å². The highest BCUT2D eigenvalue weighted by molar-refractivity contribution is 6.63. The largest absolute Gasteiger partial charge is 0.377 e. The molecular formula is C17H18ClNO. The van der Waals surface area contributed by atoms with Gasteiger partial charge in [0.2, 0.25) is 5.24 Å². The highest BCUT2D eigenvalue weighted by Gasteiger charge is 2.06. The summed E-state index contributed by atoms with van der Waals surface area (Å²) < 4.78 is 0. The summed E-state index contributed by atoms with van der Waals surface area (Å²) in [5.41, 5.74) is 4.64. The molecule has 0 radical (unpaired) electrons. The van der Waals surface area contributed by atoms with Crippen molar-refractivity contribution in [2.45, 2.75) is 12.8 Å². The molecule has 0 spiro atoms. The van der Waals surface area contributed by atoms with Crippen LogP contribution in [0.5, 0.6) is 0 Å². The first kappa shape index (κ1) is 14.6. The van der Waals surface area contributed by atoms with Crippen molar-refractivity contribution in [2.24, 2.45) is 0 Å². The Morgan fingerprint density at radius 2 is 1.75 bits per heavy atom. The molecule has 0 saturated heterocycles. The number of hydrogen-bond acceptors (Lipinski definition) is 2. The lowest BCUT2D eigenvalue weighted by Crippen LogP contribution is -2.11. The zero-order valence-corrected chi connectivity index (χ0v) is 12.5. The third-order valence-corrected chi connectivity index (χ3v) is 3.34. The first-order chi connectivity index (χ1) is 9.56. The molecule has 0 aliphatic rings. The third kappa shape index (κ3) is 3.84. The Hall–Kier alpha value is -1.80. The van der Waals surface area contributed by atoms with Crippen LogP contribution >= 0.6 is 11.6 Å². The van der Waals surface area contributed by atoms with E-state index < -0.39 is 0 Å². The molecule has 0 aliphatic carbocycles. The van der Waals surface area contributed by atoms with Gasteiger partial charge in [-0.1, -0.05) is 42.5 Å². The van der Waals surface area contributed by atoms with Gasteiger partial charge in [0.05, 0.1) is 0 Å². The van der Waals surface area contributed by atoms with Crippen molar-refractivity contribution in [3.05, 3.63) is 65.2 Å². The van der Waals surface area contributed by atoms with E-state index in [2.05, 4.69) is 29.2 Å². The first-order valence-electron chi connectivity index (χ1n) is 6.57. The monoisotopic (exact) mass is 287 g/mol. The molecule has 2 rings (SSSR count). The van der Waals surface area contributed by atoms with Gasteiger partial charge in [0.25, 0.3) is 0 Å². The molecule has 3 heteroatoms. The molecule has 0 aromatic heterocycles. The average Bonchev–Trinajstić information content (AvgIpc) is 2.38. The summed E-state index contributed by atoms with van der Waals surface area (Å²) in [6.07, 6.45) is 1.13. The number of carbonyl (C=O) groups excluding carboxylic acids is 1. The molecule has 20 heavy (non-hydrogen) atoms. The van der Waals surface area contributed by atoms with E-state index in [1.807, 2.05) is 38.4 Å². The molecule has 0 heterocycles. The molecule has 0 fully saturated rings. The van der Waals surface area contributed by atoms with Crippen LogP contribution < -0.4 is 4.90 Å². The number of hydrogen-bond donors (Lipinski definition) is 0. The maximum absolute atomic E-state index is 11.0. The minimum atomic E-state index is -0.323. The summed E-state index contributed by atoms with van der Waals surface area (Å²) in [7, 11) is 4.09. The Kier molecular flexibility index (Phi) is 4.80. The minimum Gasteiger partial charge on any atom is -0.377 e. The molecule has 0 unspecified atom stereocenters. The van der Waals surface area contributed by atoms with E-state index in [0.717, 1.165) is 12.0 Å². The summed E-state index contributed by atoms with van der Waals surface area (Å²) in [5.74, 6) is 0. The second-order valence-electron chi connectivity index (χ2n) is 5.05. The van der Waals surface area contributed by atoms with Gasteiger partial charge in [0.15, 0.2) is 0 Å². The van der Waals surface area contributed by atoms with Gasteiger partial charge in [-0.2, -0.15) is 0 Å². The van der Waals surface area contributed by atoms with E-state index in [9.17, 15) is 4.79 Å². The first-order valence-corrected chi connectivity index (χ1v) is 6.95. The summed E-state index contributed by atoms with van der Waals surface area (Å²) in [4.78, 5) is 13.1. The van der Waals surface area contributed by atoms with Gasteiger partial charge in [-0.15, -0.1) is 0 Å². The number of nitrogens with zero attached hydrogens (tertiary/aromatic N) is 1. The van der Waals surface area contributed by atoms with Gasteiger partial charge in [0.1, 0.15) is 0 Å². The van der Waals surface area contributed by atoms with Crippen LogP contribution in [0.1, 0.15) is 16.7 Å². The maximum atomic E-state index is 11.0. The standard InChI is InChI=1S/C17H18ClNO/c1-19(2)16-9-4-3-8-15(16)11-13-6-5-7-14(10-13)12-17(18)20/h3-10H,11-12H2,1-2H3. The van der Waals surface area contributed by atoms with E-state index in [-0.39, 0.29) is 11.7 Å². The van der Waals surface area contributed by atoms with Crippen LogP contribution in [-0.4, -0.2) is 19.3 Å². The molecule has 104 valence electrons. The predicted octanol–water partition coefficient (Wildman–Crippen LogP) is 3.65. The zero-order chi connectivity index (χ0) is 14.5. The number of benzene rings is 2. The number of carbonyl (C=O) groups is 1. The van der Waals surface area contributed by atoms with Crippen LogP contribution in [0.4, 0.5) is 5.69 Å². The van der Waals surface area contributed by atoms with Crippen LogP contribution in [0.25, 0.3) is 0 Å². The van der Waals surface area contributed by atoms with Crippen LogP contribution in [0.3, 0.4) is 0 Å². The zero-order valence-electron chi connectivity index (χ0n) is 11.8. The molecule has 2 aromatic carbocycles. The number of para-hydroxylation sites is 1. The SMILES string of the molecule is CN(C)c1ccccc1Cc1cccc(CC(=O)Cl)c1. The lowest BCUT2D eigenvalue weighted by atomic mass is 10.0. The lowest BCUT2D eigenvalue weighted by molar-refractivity contribution is -0.111. The van der Waals surface area contributed by atoms with Crippen LogP contribution in [-0.2, 0) is 17.6 Å². The summed E-state index contributed by atoms with van der Waals surface area (Å²) >= 11 is 5.45. The molecule has 0 N–H and O–H groups in total. The Labute approximate surface area is 125 Å². The highest BCUT2D eigenvalue weighted by atomic mass is 35.5. The highest BCUT2D eigenvalue weighted by Crippen LogP contribution is 2.21. The van der Waals surface area contributed by atoms with E-state index in [1.54, 1.807) is 0 Å². The van der Waals surface area contributed by atoms with E-state index in [4.69, 9.17) is 11.6 Å². The molecule has 0 saturated carbocycles. The van der Waals surface area contributed by atoms with E-state index in [0.29, 0.717) is 0 Å².